The van der Waals surface area contributed by atoms with Crippen molar-refractivity contribution in [2.75, 3.05) is 7.05 Å². The van der Waals surface area contributed by atoms with Crippen LogP contribution >= 0.6 is 23.2 Å². The summed E-state index contributed by atoms with van der Waals surface area (Å²) < 4.78 is 13.6. The Hall–Kier alpha value is -1.65. The third kappa shape index (κ3) is 3.34. The Kier molecular flexibility index (Phi) is 4.80. The molecule has 1 aromatic carbocycles. The molecule has 0 radical (unpaired) electrons. The van der Waals surface area contributed by atoms with Gasteiger partial charge in [0.05, 0.1) is 17.8 Å². The maximum absolute atomic E-state index is 13.6. The van der Waals surface area contributed by atoms with Crippen LogP contribution in [0.15, 0.2) is 36.7 Å². The Morgan fingerprint density at radius 1 is 1.33 bits per heavy atom. The normalized spacial score (nSPS) is 12.0. The molecule has 2 rings (SSSR count). The van der Waals surface area contributed by atoms with Gasteiger partial charge in [0.15, 0.2) is 5.82 Å². The Morgan fingerprint density at radius 2 is 2.05 bits per heavy atom. The van der Waals surface area contributed by atoms with Crippen LogP contribution in [0.5, 0.6) is 0 Å². The van der Waals surface area contributed by atoms with Gasteiger partial charge in [0.25, 0.3) is 5.91 Å². The first-order chi connectivity index (χ1) is 9.91. The van der Waals surface area contributed by atoms with E-state index in [1.54, 1.807) is 25.2 Å². The van der Waals surface area contributed by atoms with Crippen LogP contribution in [0, 0.1) is 5.82 Å². The maximum atomic E-state index is 13.6. The van der Waals surface area contributed by atoms with Gasteiger partial charge in [-0.05, 0) is 30.7 Å². The molecular formula is C15H13Cl2FN2O. The van der Waals surface area contributed by atoms with E-state index in [0.717, 1.165) is 11.8 Å². The van der Waals surface area contributed by atoms with Gasteiger partial charge in [-0.15, -0.1) is 0 Å². The second kappa shape index (κ2) is 6.41. The van der Waals surface area contributed by atoms with E-state index in [9.17, 15) is 9.18 Å². The molecule has 0 aliphatic heterocycles. The van der Waals surface area contributed by atoms with Crippen LogP contribution in [-0.2, 0) is 0 Å². The molecule has 110 valence electrons. The number of carbonyl (C=O) groups excluding carboxylic acids is 1. The molecule has 0 aliphatic carbocycles. The van der Waals surface area contributed by atoms with Crippen molar-refractivity contribution < 1.29 is 9.18 Å². The fourth-order valence-corrected chi connectivity index (χ4v) is 2.53. The zero-order valence-electron chi connectivity index (χ0n) is 11.5. The summed E-state index contributed by atoms with van der Waals surface area (Å²) in [6.07, 6.45) is 2.39. The van der Waals surface area contributed by atoms with Crippen molar-refractivity contribution in [3.05, 3.63) is 63.6 Å². The first kappa shape index (κ1) is 15.7. The summed E-state index contributed by atoms with van der Waals surface area (Å²) in [6.45, 7) is 1.81. The largest absolute Gasteiger partial charge is 0.335 e. The van der Waals surface area contributed by atoms with Crippen molar-refractivity contribution in [2.45, 2.75) is 13.0 Å². The van der Waals surface area contributed by atoms with Crippen LogP contribution in [-0.4, -0.2) is 22.8 Å². The van der Waals surface area contributed by atoms with Gasteiger partial charge in [0.2, 0.25) is 0 Å². The van der Waals surface area contributed by atoms with E-state index in [0.29, 0.717) is 10.0 Å². The Bertz CT molecular complexity index is 678. The number of halogens is 3. The molecule has 0 spiro atoms. The highest BCUT2D eigenvalue weighted by molar-refractivity contribution is 6.35. The third-order valence-electron chi connectivity index (χ3n) is 3.32. The molecule has 1 aromatic heterocycles. The van der Waals surface area contributed by atoms with Crippen LogP contribution in [0.25, 0.3) is 0 Å². The lowest BCUT2D eigenvalue weighted by molar-refractivity contribution is 0.0738. The Labute approximate surface area is 132 Å². The third-order valence-corrected chi connectivity index (χ3v) is 3.88. The zero-order valence-corrected chi connectivity index (χ0v) is 13.0. The summed E-state index contributed by atoms with van der Waals surface area (Å²) in [5.74, 6) is -1.09. The molecule has 0 aliphatic rings. The Balaban J connectivity index is 2.29. The van der Waals surface area contributed by atoms with Gasteiger partial charge in [-0.25, -0.2) is 4.39 Å². The number of pyridine rings is 1. The summed E-state index contributed by atoms with van der Waals surface area (Å²) in [7, 11) is 1.60. The molecular weight excluding hydrogens is 314 g/mol. The molecule has 6 heteroatoms. The van der Waals surface area contributed by atoms with Gasteiger partial charge < -0.3 is 4.90 Å². The molecule has 21 heavy (non-hydrogen) atoms. The fraction of sp³-hybridized carbons (Fsp3) is 0.200. The van der Waals surface area contributed by atoms with E-state index in [1.165, 1.54) is 17.2 Å². The van der Waals surface area contributed by atoms with Crippen molar-refractivity contribution in [1.29, 1.82) is 0 Å². The van der Waals surface area contributed by atoms with Crippen molar-refractivity contribution in [1.82, 2.24) is 9.88 Å². The molecule has 0 N–H and O–H groups in total. The van der Waals surface area contributed by atoms with Gasteiger partial charge in [-0.3, -0.25) is 9.78 Å². The SMILES string of the molecule is CC(c1ccc(Cl)cc1Cl)N(C)C(=O)c1ccncc1F. The second-order valence-corrected chi connectivity index (χ2v) is 5.46. The summed E-state index contributed by atoms with van der Waals surface area (Å²) in [4.78, 5) is 17.4. The zero-order chi connectivity index (χ0) is 15.6. The molecule has 1 unspecified atom stereocenters. The Morgan fingerprint density at radius 3 is 2.67 bits per heavy atom. The van der Waals surface area contributed by atoms with Crippen LogP contribution in [0.4, 0.5) is 4.39 Å². The van der Waals surface area contributed by atoms with Gasteiger partial charge in [-0.1, -0.05) is 29.3 Å². The average molecular weight is 327 g/mol. The molecule has 0 bridgehead atoms. The van der Waals surface area contributed by atoms with Crippen LogP contribution in [0.1, 0.15) is 28.9 Å². The van der Waals surface area contributed by atoms with E-state index >= 15 is 0 Å². The highest BCUT2D eigenvalue weighted by Gasteiger charge is 2.22. The van der Waals surface area contributed by atoms with Crippen molar-refractivity contribution >= 4 is 29.1 Å². The summed E-state index contributed by atoms with van der Waals surface area (Å²) in [6, 6.07) is 6.09. The lowest BCUT2D eigenvalue weighted by atomic mass is 10.1. The van der Waals surface area contributed by atoms with E-state index in [4.69, 9.17) is 23.2 Å². The molecule has 1 amide bonds. The predicted octanol–water partition coefficient (Wildman–Crippen LogP) is 4.36. The number of aromatic nitrogens is 1. The molecule has 0 saturated carbocycles. The first-order valence-electron chi connectivity index (χ1n) is 6.23. The first-order valence-corrected chi connectivity index (χ1v) is 6.99. The fourth-order valence-electron chi connectivity index (χ4n) is 1.96. The summed E-state index contributed by atoms with van der Waals surface area (Å²) in [5.41, 5.74) is 0.718. The molecule has 0 fully saturated rings. The minimum absolute atomic E-state index is 0.0237. The van der Waals surface area contributed by atoms with Crippen LogP contribution < -0.4 is 0 Å². The van der Waals surface area contributed by atoms with Crippen molar-refractivity contribution in [2.24, 2.45) is 0 Å². The van der Waals surface area contributed by atoms with Gasteiger partial charge in [0.1, 0.15) is 0 Å². The predicted molar refractivity (Wildman–Crippen MR) is 81.2 cm³/mol. The molecule has 0 saturated heterocycles. The number of carbonyl (C=O) groups is 1. The lowest BCUT2D eigenvalue weighted by Gasteiger charge is -2.26. The van der Waals surface area contributed by atoms with Gasteiger partial charge in [0, 0.05) is 23.3 Å². The highest BCUT2D eigenvalue weighted by atomic mass is 35.5. The van der Waals surface area contributed by atoms with E-state index in [-0.39, 0.29) is 11.6 Å². The van der Waals surface area contributed by atoms with Crippen molar-refractivity contribution in [3.8, 4) is 0 Å². The van der Waals surface area contributed by atoms with Crippen LogP contribution in [0.2, 0.25) is 10.0 Å². The molecule has 2 aromatic rings. The second-order valence-electron chi connectivity index (χ2n) is 4.61. The minimum atomic E-state index is -0.649. The number of nitrogens with zero attached hydrogens (tertiary/aromatic N) is 2. The van der Waals surface area contributed by atoms with E-state index in [2.05, 4.69) is 4.98 Å². The van der Waals surface area contributed by atoms with E-state index < -0.39 is 11.7 Å². The lowest BCUT2D eigenvalue weighted by Crippen LogP contribution is -2.30. The number of hydrogen-bond donors (Lipinski definition) is 0. The minimum Gasteiger partial charge on any atom is -0.335 e. The van der Waals surface area contributed by atoms with E-state index in [1.807, 2.05) is 6.92 Å². The number of benzene rings is 1. The smallest absolute Gasteiger partial charge is 0.257 e. The van der Waals surface area contributed by atoms with Gasteiger partial charge >= 0.3 is 0 Å². The topological polar surface area (TPSA) is 33.2 Å². The van der Waals surface area contributed by atoms with Crippen molar-refractivity contribution in [3.63, 3.8) is 0 Å². The molecule has 1 atom stereocenters. The molecule has 1 heterocycles. The monoisotopic (exact) mass is 326 g/mol. The number of hydrogen-bond acceptors (Lipinski definition) is 2. The molecule has 3 nitrogen and oxygen atoms in total. The maximum Gasteiger partial charge on any atom is 0.257 e. The standard InChI is InChI=1S/C15H13Cl2FN2O/c1-9(11-4-3-10(16)7-13(11)17)20(2)15(21)12-5-6-19-8-14(12)18/h3-9H,1-2H3. The summed E-state index contributed by atoms with van der Waals surface area (Å²) in [5, 5.41) is 0.981. The number of rotatable bonds is 3. The van der Waals surface area contributed by atoms with Crippen LogP contribution in [0.3, 0.4) is 0 Å². The average Bonchev–Trinajstić information content (AvgIpc) is 2.45. The summed E-state index contributed by atoms with van der Waals surface area (Å²) >= 11 is 12.0. The quantitative estimate of drug-likeness (QED) is 0.839. The van der Waals surface area contributed by atoms with Gasteiger partial charge in [-0.2, -0.15) is 0 Å². The highest BCUT2D eigenvalue weighted by Crippen LogP contribution is 2.29. The number of amides is 1.